The third-order valence-electron chi connectivity index (χ3n) is 4.20. The van der Waals surface area contributed by atoms with Crippen molar-refractivity contribution in [2.24, 2.45) is 0 Å². The molecule has 0 radical (unpaired) electrons. The molecule has 0 spiro atoms. The zero-order valence-electron chi connectivity index (χ0n) is 12.9. The number of hydrogen-bond acceptors (Lipinski definition) is 4. The van der Waals surface area contributed by atoms with E-state index < -0.39 is 0 Å². The van der Waals surface area contributed by atoms with Gasteiger partial charge >= 0.3 is 0 Å². The van der Waals surface area contributed by atoms with Crippen LogP contribution in [0.1, 0.15) is 42.1 Å². The fraction of sp³-hybridized carbons (Fsp3) is 0.389. The van der Waals surface area contributed by atoms with Crippen LogP contribution < -0.4 is 9.47 Å². The Morgan fingerprint density at radius 2 is 2.23 bits per heavy atom. The van der Waals surface area contributed by atoms with E-state index in [1.54, 1.807) is 6.07 Å². The molecule has 2 aliphatic rings. The lowest BCUT2D eigenvalue weighted by Crippen LogP contribution is -2.29. The van der Waals surface area contributed by atoms with E-state index in [1.807, 2.05) is 13.0 Å². The first-order chi connectivity index (χ1) is 10.7. The van der Waals surface area contributed by atoms with Crippen LogP contribution >= 0.6 is 0 Å². The van der Waals surface area contributed by atoms with Gasteiger partial charge in [0.2, 0.25) is 5.75 Å². The molecule has 1 unspecified atom stereocenters. The molecule has 0 saturated heterocycles. The Morgan fingerprint density at radius 1 is 1.41 bits per heavy atom. The van der Waals surface area contributed by atoms with Crippen LogP contribution in [0.5, 0.6) is 17.2 Å². The average Bonchev–Trinajstić information content (AvgIpc) is 2.56. The van der Waals surface area contributed by atoms with E-state index in [-0.39, 0.29) is 23.4 Å². The molecule has 1 aliphatic carbocycles. The van der Waals surface area contributed by atoms with Gasteiger partial charge in [-0.05, 0) is 36.5 Å². The number of rotatable bonds is 3. The second kappa shape index (κ2) is 5.87. The van der Waals surface area contributed by atoms with E-state index in [0.717, 1.165) is 24.0 Å². The molecule has 0 fully saturated rings. The zero-order chi connectivity index (χ0) is 15.7. The van der Waals surface area contributed by atoms with Crippen molar-refractivity contribution in [2.45, 2.75) is 38.7 Å². The SMILES string of the molecule is CCc1cc2c(c(O)c1OC)OC(C1=CCCC=C1)CC2=O. The molecular weight excluding hydrogens is 280 g/mol. The van der Waals surface area contributed by atoms with Crippen molar-refractivity contribution in [2.75, 3.05) is 7.11 Å². The predicted molar refractivity (Wildman–Crippen MR) is 83.9 cm³/mol. The molecule has 0 amide bonds. The minimum Gasteiger partial charge on any atom is -0.502 e. The molecule has 22 heavy (non-hydrogen) atoms. The number of aromatic hydroxyl groups is 1. The second-order valence-electron chi connectivity index (χ2n) is 5.57. The fourth-order valence-corrected chi connectivity index (χ4v) is 3.03. The van der Waals surface area contributed by atoms with Gasteiger partial charge in [0.25, 0.3) is 0 Å². The van der Waals surface area contributed by atoms with Crippen LogP contribution in [0.2, 0.25) is 0 Å². The van der Waals surface area contributed by atoms with Gasteiger partial charge in [-0.3, -0.25) is 4.79 Å². The molecule has 0 saturated carbocycles. The van der Waals surface area contributed by atoms with Gasteiger partial charge < -0.3 is 14.6 Å². The first-order valence-electron chi connectivity index (χ1n) is 7.65. The van der Waals surface area contributed by atoms with E-state index in [4.69, 9.17) is 9.47 Å². The summed E-state index contributed by atoms with van der Waals surface area (Å²) in [5, 5.41) is 10.4. The van der Waals surface area contributed by atoms with Crippen molar-refractivity contribution < 1.29 is 19.4 Å². The molecule has 0 aromatic heterocycles. The molecule has 0 bridgehead atoms. The maximum atomic E-state index is 12.5. The van der Waals surface area contributed by atoms with E-state index in [9.17, 15) is 9.90 Å². The summed E-state index contributed by atoms with van der Waals surface area (Å²) in [7, 11) is 1.51. The van der Waals surface area contributed by atoms with Crippen molar-refractivity contribution in [1.82, 2.24) is 0 Å². The number of ether oxygens (including phenoxy) is 2. The van der Waals surface area contributed by atoms with Gasteiger partial charge in [0.1, 0.15) is 6.10 Å². The number of ketones is 1. The van der Waals surface area contributed by atoms with Crippen molar-refractivity contribution in [3.63, 3.8) is 0 Å². The number of phenols is 1. The normalized spacial score (nSPS) is 20.2. The molecule has 1 aromatic rings. The highest BCUT2D eigenvalue weighted by molar-refractivity contribution is 6.01. The summed E-state index contributed by atoms with van der Waals surface area (Å²) in [6.07, 6.45) is 8.79. The number of carbonyl (C=O) groups is 1. The van der Waals surface area contributed by atoms with Gasteiger partial charge in [-0.25, -0.2) is 0 Å². The summed E-state index contributed by atoms with van der Waals surface area (Å²) >= 11 is 0. The smallest absolute Gasteiger partial charge is 0.201 e. The van der Waals surface area contributed by atoms with Crippen LogP contribution in [0.3, 0.4) is 0 Å². The van der Waals surface area contributed by atoms with Crippen molar-refractivity contribution >= 4 is 5.78 Å². The summed E-state index contributed by atoms with van der Waals surface area (Å²) in [5.74, 6) is 0.562. The largest absolute Gasteiger partial charge is 0.502 e. The third kappa shape index (κ3) is 2.39. The Bertz CT molecular complexity index is 670. The summed E-state index contributed by atoms with van der Waals surface area (Å²) in [4.78, 5) is 12.5. The van der Waals surface area contributed by atoms with Crippen LogP contribution in [-0.2, 0) is 6.42 Å². The van der Waals surface area contributed by atoms with Crippen LogP contribution in [0.4, 0.5) is 0 Å². The van der Waals surface area contributed by atoms with Crippen molar-refractivity contribution in [3.05, 3.63) is 41.0 Å². The molecule has 3 rings (SSSR count). The van der Waals surface area contributed by atoms with Gasteiger partial charge in [-0.2, -0.15) is 0 Å². The number of carbonyl (C=O) groups excluding carboxylic acids is 1. The number of aryl methyl sites for hydroxylation is 1. The minimum absolute atomic E-state index is 0.00113. The molecular formula is C18H20O4. The monoisotopic (exact) mass is 300 g/mol. The highest BCUT2D eigenvalue weighted by Gasteiger charge is 2.33. The zero-order valence-corrected chi connectivity index (χ0v) is 12.9. The van der Waals surface area contributed by atoms with Crippen molar-refractivity contribution in [1.29, 1.82) is 0 Å². The predicted octanol–water partition coefficient (Wildman–Crippen LogP) is 3.57. The molecule has 1 heterocycles. The third-order valence-corrected chi connectivity index (χ3v) is 4.20. The number of hydrogen-bond donors (Lipinski definition) is 1. The quantitative estimate of drug-likeness (QED) is 0.927. The average molecular weight is 300 g/mol. The van der Waals surface area contributed by atoms with Gasteiger partial charge in [-0.15, -0.1) is 0 Å². The van der Waals surface area contributed by atoms with Gasteiger partial charge in [-0.1, -0.05) is 25.2 Å². The highest BCUT2D eigenvalue weighted by Crippen LogP contribution is 2.45. The lowest BCUT2D eigenvalue weighted by molar-refractivity contribution is 0.0880. The van der Waals surface area contributed by atoms with Crippen LogP contribution in [-0.4, -0.2) is 24.1 Å². The van der Waals surface area contributed by atoms with E-state index >= 15 is 0 Å². The summed E-state index contributed by atoms with van der Waals surface area (Å²) in [6.45, 7) is 1.96. The Labute approximate surface area is 130 Å². The highest BCUT2D eigenvalue weighted by atomic mass is 16.5. The Hall–Kier alpha value is -2.23. The number of Topliss-reactive ketones (excluding diaryl/α,β-unsaturated/α-hetero) is 1. The number of methoxy groups -OCH3 is 1. The topological polar surface area (TPSA) is 55.8 Å². The Balaban J connectivity index is 2.03. The summed E-state index contributed by atoms with van der Waals surface area (Å²) in [5.41, 5.74) is 2.26. The van der Waals surface area contributed by atoms with Gasteiger partial charge in [0, 0.05) is 0 Å². The molecule has 1 aliphatic heterocycles. The van der Waals surface area contributed by atoms with Crippen LogP contribution in [0.25, 0.3) is 0 Å². The molecule has 1 atom stereocenters. The molecule has 116 valence electrons. The number of phenolic OH excluding ortho intramolecular Hbond substituents is 1. The van der Waals surface area contributed by atoms with Gasteiger partial charge in [0.15, 0.2) is 17.3 Å². The van der Waals surface area contributed by atoms with Crippen molar-refractivity contribution in [3.8, 4) is 17.2 Å². The maximum absolute atomic E-state index is 12.5. The lowest BCUT2D eigenvalue weighted by Gasteiger charge is -2.28. The van der Waals surface area contributed by atoms with Crippen LogP contribution in [0.15, 0.2) is 29.9 Å². The Kier molecular flexibility index (Phi) is 3.92. The van der Waals surface area contributed by atoms with E-state index in [0.29, 0.717) is 24.2 Å². The molecule has 1 aromatic carbocycles. The molecule has 1 N–H and O–H groups in total. The first-order valence-corrected chi connectivity index (χ1v) is 7.65. The van der Waals surface area contributed by atoms with E-state index in [1.165, 1.54) is 7.11 Å². The van der Waals surface area contributed by atoms with Gasteiger partial charge in [0.05, 0.1) is 19.1 Å². The molecule has 4 heteroatoms. The second-order valence-corrected chi connectivity index (χ2v) is 5.57. The summed E-state index contributed by atoms with van der Waals surface area (Å²) < 4.78 is 11.2. The Morgan fingerprint density at radius 3 is 2.86 bits per heavy atom. The first kappa shape index (κ1) is 14.7. The number of fused-ring (bicyclic) bond motifs is 1. The van der Waals surface area contributed by atoms with E-state index in [2.05, 4.69) is 12.2 Å². The summed E-state index contributed by atoms with van der Waals surface area (Å²) in [6, 6.07) is 1.78. The fourth-order valence-electron chi connectivity index (χ4n) is 3.03. The lowest BCUT2D eigenvalue weighted by atomic mass is 9.91. The maximum Gasteiger partial charge on any atom is 0.201 e. The number of allylic oxidation sites excluding steroid dienone is 2. The van der Waals surface area contributed by atoms with Crippen LogP contribution in [0, 0.1) is 0 Å². The number of benzene rings is 1. The molecule has 4 nitrogen and oxygen atoms in total. The standard InChI is InChI=1S/C18H20O4/c1-3-11-9-13-14(19)10-15(12-7-5-4-6-8-12)22-18(13)16(20)17(11)21-2/h5,7-9,15,20H,3-4,6,10H2,1-2H3. The minimum atomic E-state index is -0.334.